The highest BCUT2D eigenvalue weighted by Crippen LogP contribution is 2.18. The number of amides is 1. The summed E-state index contributed by atoms with van der Waals surface area (Å²) in [6, 6.07) is 15.1. The predicted octanol–water partition coefficient (Wildman–Crippen LogP) is 4.25. The van der Waals surface area contributed by atoms with Crippen LogP contribution in [0.3, 0.4) is 0 Å². The topological polar surface area (TPSA) is 77.4 Å². The van der Waals surface area contributed by atoms with Crippen LogP contribution in [-0.2, 0) is 17.9 Å². The molecule has 0 unspecified atom stereocenters. The van der Waals surface area contributed by atoms with Gasteiger partial charge in [0.2, 0.25) is 0 Å². The van der Waals surface area contributed by atoms with Crippen LogP contribution in [-0.4, -0.2) is 16.4 Å². The van der Waals surface area contributed by atoms with Gasteiger partial charge < -0.3 is 10.1 Å². The second-order valence-corrected chi connectivity index (χ2v) is 8.65. The van der Waals surface area contributed by atoms with Crippen LogP contribution in [0.25, 0.3) is 0 Å². The minimum Gasteiger partial charge on any atom is -0.427 e. The van der Waals surface area contributed by atoms with Gasteiger partial charge in [-0.1, -0.05) is 61.6 Å². The Kier molecular flexibility index (Phi) is 7.07. The molecular formula is C24H26N2O4S. The average molecular weight is 439 g/mol. The van der Waals surface area contributed by atoms with Gasteiger partial charge in [-0.2, -0.15) is 0 Å². The maximum atomic E-state index is 12.7. The molecular weight excluding hydrogens is 412 g/mol. The van der Waals surface area contributed by atoms with Crippen LogP contribution in [0.2, 0.25) is 0 Å². The van der Waals surface area contributed by atoms with E-state index < -0.39 is 0 Å². The second-order valence-electron chi connectivity index (χ2n) is 7.69. The molecule has 162 valence electrons. The van der Waals surface area contributed by atoms with Crippen LogP contribution in [0.5, 0.6) is 5.75 Å². The largest absolute Gasteiger partial charge is 0.427 e. The molecule has 0 spiro atoms. The van der Waals surface area contributed by atoms with Gasteiger partial charge in [0.1, 0.15) is 10.6 Å². The molecule has 1 heterocycles. The van der Waals surface area contributed by atoms with Gasteiger partial charge in [0, 0.05) is 19.2 Å². The van der Waals surface area contributed by atoms with E-state index >= 15 is 0 Å². The van der Waals surface area contributed by atoms with Crippen molar-refractivity contribution in [3.63, 3.8) is 0 Å². The molecule has 1 N–H and O–H groups in total. The summed E-state index contributed by atoms with van der Waals surface area (Å²) in [7, 11) is 0. The van der Waals surface area contributed by atoms with Crippen molar-refractivity contribution >= 4 is 23.2 Å². The van der Waals surface area contributed by atoms with Gasteiger partial charge >= 0.3 is 10.8 Å². The summed E-state index contributed by atoms with van der Waals surface area (Å²) >= 11 is 0.947. The SMILES string of the molecule is CC(=O)Oc1ccc(Cn2c(C)c(C(=O)NCc3ccc(C(C)C)cc3)sc2=O)cc1. The maximum Gasteiger partial charge on any atom is 0.308 e. The second kappa shape index (κ2) is 9.75. The van der Waals surface area contributed by atoms with Gasteiger partial charge in [-0.05, 0) is 41.7 Å². The molecule has 1 amide bonds. The smallest absolute Gasteiger partial charge is 0.308 e. The van der Waals surface area contributed by atoms with Gasteiger partial charge in [-0.3, -0.25) is 19.0 Å². The lowest BCUT2D eigenvalue weighted by Crippen LogP contribution is -2.23. The molecule has 3 rings (SSSR count). The molecule has 0 radical (unpaired) electrons. The van der Waals surface area contributed by atoms with E-state index in [1.165, 1.54) is 12.5 Å². The zero-order chi connectivity index (χ0) is 22.5. The molecule has 0 bridgehead atoms. The van der Waals surface area contributed by atoms with Crippen molar-refractivity contribution in [3.8, 4) is 5.75 Å². The Labute approximate surface area is 185 Å². The van der Waals surface area contributed by atoms with Crippen LogP contribution in [0.4, 0.5) is 0 Å². The number of nitrogens with zero attached hydrogens (tertiary/aromatic N) is 1. The normalized spacial score (nSPS) is 10.9. The molecule has 1 aromatic heterocycles. The van der Waals surface area contributed by atoms with Crippen molar-refractivity contribution in [2.75, 3.05) is 0 Å². The van der Waals surface area contributed by atoms with Gasteiger partial charge in [0.15, 0.2) is 0 Å². The van der Waals surface area contributed by atoms with Crippen molar-refractivity contribution in [1.29, 1.82) is 0 Å². The maximum absolute atomic E-state index is 12.7. The van der Waals surface area contributed by atoms with E-state index in [1.54, 1.807) is 35.8 Å². The first-order valence-corrected chi connectivity index (χ1v) is 10.9. The molecule has 3 aromatic rings. The lowest BCUT2D eigenvalue weighted by molar-refractivity contribution is -0.131. The van der Waals surface area contributed by atoms with Crippen molar-refractivity contribution in [1.82, 2.24) is 9.88 Å². The van der Waals surface area contributed by atoms with Crippen LogP contribution in [0.1, 0.15) is 58.7 Å². The fourth-order valence-electron chi connectivity index (χ4n) is 3.16. The van der Waals surface area contributed by atoms with Gasteiger partial charge in [0.25, 0.3) is 5.91 Å². The number of aromatic nitrogens is 1. The number of hydrogen-bond acceptors (Lipinski definition) is 5. The average Bonchev–Trinajstić information content (AvgIpc) is 3.01. The Bertz CT molecular complexity index is 1130. The van der Waals surface area contributed by atoms with Crippen molar-refractivity contribution in [3.05, 3.63) is 85.5 Å². The third-order valence-electron chi connectivity index (χ3n) is 4.97. The van der Waals surface area contributed by atoms with Crippen LogP contribution >= 0.6 is 11.3 Å². The molecule has 31 heavy (non-hydrogen) atoms. The van der Waals surface area contributed by atoms with Gasteiger partial charge in [0.05, 0.1) is 6.54 Å². The van der Waals surface area contributed by atoms with E-state index in [2.05, 4.69) is 31.3 Å². The Hall–Kier alpha value is -3.19. The van der Waals surface area contributed by atoms with Gasteiger partial charge in [-0.15, -0.1) is 0 Å². The number of esters is 1. The number of thiazole rings is 1. The number of benzene rings is 2. The van der Waals surface area contributed by atoms with Crippen LogP contribution in [0.15, 0.2) is 53.3 Å². The summed E-state index contributed by atoms with van der Waals surface area (Å²) < 4.78 is 6.61. The third-order valence-corrected chi connectivity index (χ3v) is 6.05. The fraction of sp³-hybridized carbons (Fsp3) is 0.292. The monoisotopic (exact) mass is 438 g/mol. The summed E-state index contributed by atoms with van der Waals surface area (Å²) in [6.07, 6.45) is 0. The standard InChI is InChI=1S/C24H26N2O4S/c1-15(2)20-9-5-18(6-10-20)13-25-23(28)22-16(3)26(24(29)31-22)14-19-7-11-21(12-8-19)30-17(4)27/h5-12,15H,13-14H2,1-4H3,(H,25,28). The molecule has 0 aliphatic carbocycles. The van der Waals surface area contributed by atoms with E-state index in [0.717, 1.165) is 22.5 Å². The lowest BCUT2D eigenvalue weighted by atomic mass is 10.0. The Morgan fingerprint density at radius 1 is 1.03 bits per heavy atom. The first kappa shape index (κ1) is 22.5. The van der Waals surface area contributed by atoms with E-state index in [0.29, 0.717) is 35.3 Å². The zero-order valence-corrected chi connectivity index (χ0v) is 18.9. The van der Waals surface area contributed by atoms with Crippen LogP contribution in [0, 0.1) is 6.92 Å². The molecule has 0 aliphatic rings. The molecule has 2 aromatic carbocycles. The Morgan fingerprint density at radius 2 is 1.65 bits per heavy atom. The summed E-state index contributed by atoms with van der Waals surface area (Å²) in [4.78, 5) is 36.4. The molecule has 7 heteroatoms. The molecule has 0 aliphatic heterocycles. The molecule has 0 fully saturated rings. The zero-order valence-electron chi connectivity index (χ0n) is 18.1. The number of rotatable bonds is 7. The van der Waals surface area contributed by atoms with E-state index in [-0.39, 0.29) is 16.7 Å². The number of hydrogen-bond donors (Lipinski definition) is 1. The quantitative estimate of drug-likeness (QED) is 0.442. The van der Waals surface area contributed by atoms with E-state index in [9.17, 15) is 14.4 Å². The van der Waals surface area contributed by atoms with Gasteiger partial charge in [-0.25, -0.2) is 0 Å². The third kappa shape index (κ3) is 5.70. The van der Waals surface area contributed by atoms with E-state index in [4.69, 9.17) is 4.74 Å². The highest BCUT2D eigenvalue weighted by molar-refractivity contribution is 7.11. The first-order valence-electron chi connectivity index (χ1n) is 10.1. The number of ether oxygens (including phenoxy) is 1. The number of carbonyl (C=O) groups excluding carboxylic acids is 2. The number of carbonyl (C=O) groups is 2. The lowest BCUT2D eigenvalue weighted by Gasteiger charge is -2.09. The molecule has 0 saturated heterocycles. The summed E-state index contributed by atoms with van der Waals surface area (Å²) in [5.74, 6) is 0.272. The minimum absolute atomic E-state index is 0.187. The first-order chi connectivity index (χ1) is 14.7. The van der Waals surface area contributed by atoms with Crippen molar-refractivity contribution < 1.29 is 14.3 Å². The minimum atomic E-state index is -0.385. The Morgan fingerprint density at radius 3 is 2.23 bits per heavy atom. The summed E-state index contributed by atoms with van der Waals surface area (Å²) in [5, 5.41) is 2.91. The highest BCUT2D eigenvalue weighted by Gasteiger charge is 2.18. The van der Waals surface area contributed by atoms with Crippen LogP contribution < -0.4 is 14.9 Å². The summed E-state index contributed by atoms with van der Waals surface area (Å²) in [5.41, 5.74) is 3.76. The Balaban J connectivity index is 1.68. The molecule has 6 nitrogen and oxygen atoms in total. The predicted molar refractivity (Wildman–Crippen MR) is 122 cm³/mol. The fourth-order valence-corrected chi connectivity index (χ4v) is 4.07. The van der Waals surface area contributed by atoms with Crippen molar-refractivity contribution in [2.24, 2.45) is 0 Å². The highest BCUT2D eigenvalue weighted by atomic mass is 32.1. The number of nitrogens with one attached hydrogen (secondary N) is 1. The summed E-state index contributed by atoms with van der Waals surface area (Å²) in [6.45, 7) is 8.14. The van der Waals surface area contributed by atoms with Crippen molar-refractivity contribution in [2.45, 2.75) is 46.7 Å². The van der Waals surface area contributed by atoms with E-state index in [1.807, 2.05) is 12.1 Å². The molecule has 0 saturated carbocycles. The molecule has 0 atom stereocenters.